The van der Waals surface area contributed by atoms with Crippen LogP contribution in [-0.2, 0) is 11.6 Å². The maximum Gasteiger partial charge on any atom is 0.416 e. The minimum absolute atomic E-state index is 0.0415. The van der Waals surface area contributed by atoms with Gasteiger partial charge < -0.3 is 4.74 Å². The zero-order valence-electron chi connectivity index (χ0n) is 15.8. The van der Waals surface area contributed by atoms with Gasteiger partial charge in [-0.05, 0) is 41.5 Å². The summed E-state index contributed by atoms with van der Waals surface area (Å²) in [6.07, 6.45) is -4.40. The number of hydrogen-bond acceptors (Lipinski definition) is 2. The van der Waals surface area contributed by atoms with Gasteiger partial charge in [0.25, 0.3) is 0 Å². The number of alkyl halides is 3. The van der Waals surface area contributed by atoms with Crippen LogP contribution in [0.25, 0.3) is 22.0 Å². The molecular formula is C22H22F3NO. The molecule has 1 aromatic heterocycles. The van der Waals surface area contributed by atoms with Gasteiger partial charge >= 0.3 is 6.18 Å². The Morgan fingerprint density at radius 1 is 0.889 bits per heavy atom. The molecule has 0 saturated heterocycles. The van der Waals surface area contributed by atoms with Crippen LogP contribution in [0.2, 0.25) is 0 Å². The predicted molar refractivity (Wildman–Crippen MR) is 102 cm³/mol. The van der Waals surface area contributed by atoms with Crippen molar-refractivity contribution < 1.29 is 17.9 Å². The molecule has 27 heavy (non-hydrogen) atoms. The Labute approximate surface area is 157 Å². The standard InChI is InChI=1S/C22H22F3NO/c1-5-27-20-18-13-17(22(23,24)25)11-8-15(18)12-19(26-20)14-6-9-16(10-7-14)21(2,3)4/h6-13H,5H2,1-4H3. The summed E-state index contributed by atoms with van der Waals surface area (Å²) in [6, 6.07) is 13.5. The van der Waals surface area contributed by atoms with E-state index in [4.69, 9.17) is 4.74 Å². The topological polar surface area (TPSA) is 22.1 Å². The van der Waals surface area contributed by atoms with Crippen molar-refractivity contribution in [2.75, 3.05) is 6.61 Å². The first-order valence-corrected chi connectivity index (χ1v) is 8.85. The molecule has 3 aromatic rings. The Morgan fingerprint density at radius 3 is 2.07 bits per heavy atom. The highest BCUT2D eigenvalue weighted by Crippen LogP contribution is 2.36. The largest absolute Gasteiger partial charge is 0.478 e. The minimum atomic E-state index is -4.40. The monoisotopic (exact) mass is 373 g/mol. The molecule has 0 N–H and O–H groups in total. The van der Waals surface area contributed by atoms with Crippen LogP contribution in [0.15, 0.2) is 48.5 Å². The Morgan fingerprint density at radius 2 is 1.52 bits per heavy atom. The van der Waals surface area contributed by atoms with Crippen LogP contribution in [0, 0.1) is 0 Å². The summed E-state index contributed by atoms with van der Waals surface area (Å²) >= 11 is 0. The number of fused-ring (bicyclic) bond motifs is 1. The minimum Gasteiger partial charge on any atom is -0.478 e. The number of benzene rings is 2. The smallest absolute Gasteiger partial charge is 0.416 e. The first kappa shape index (κ1) is 19.2. The van der Waals surface area contributed by atoms with Crippen LogP contribution in [0.3, 0.4) is 0 Å². The molecule has 0 unspecified atom stereocenters. The van der Waals surface area contributed by atoms with Gasteiger partial charge in [-0.2, -0.15) is 13.2 Å². The van der Waals surface area contributed by atoms with Crippen molar-refractivity contribution in [3.63, 3.8) is 0 Å². The van der Waals surface area contributed by atoms with Crippen molar-refractivity contribution in [1.29, 1.82) is 0 Å². The molecule has 0 spiro atoms. The van der Waals surface area contributed by atoms with Crippen LogP contribution in [0.1, 0.15) is 38.8 Å². The first-order valence-electron chi connectivity index (χ1n) is 8.85. The Hall–Kier alpha value is -2.56. The van der Waals surface area contributed by atoms with Crippen molar-refractivity contribution in [3.8, 4) is 17.1 Å². The molecule has 0 radical (unpaired) electrons. The third kappa shape index (κ3) is 4.07. The molecule has 1 heterocycles. The van der Waals surface area contributed by atoms with Crippen molar-refractivity contribution in [1.82, 2.24) is 4.98 Å². The molecule has 0 aliphatic heterocycles. The van der Waals surface area contributed by atoms with Crippen LogP contribution >= 0.6 is 0 Å². The highest BCUT2D eigenvalue weighted by atomic mass is 19.4. The van der Waals surface area contributed by atoms with E-state index in [2.05, 4.69) is 25.8 Å². The predicted octanol–water partition coefficient (Wildman–Crippen LogP) is 6.62. The number of halogens is 3. The maximum atomic E-state index is 13.1. The highest BCUT2D eigenvalue weighted by Gasteiger charge is 2.31. The van der Waals surface area contributed by atoms with Gasteiger partial charge in [-0.15, -0.1) is 0 Å². The lowest BCUT2D eigenvalue weighted by molar-refractivity contribution is -0.137. The summed E-state index contributed by atoms with van der Waals surface area (Å²) in [5.74, 6) is 0.219. The maximum absolute atomic E-state index is 13.1. The summed E-state index contributed by atoms with van der Waals surface area (Å²) in [5.41, 5.74) is 2.10. The molecule has 0 bridgehead atoms. The second-order valence-electron chi connectivity index (χ2n) is 7.51. The van der Waals surface area contributed by atoms with E-state index in [0.29, 0.717) is 23.1 Å². The van der Waals surface area contributed by atoms with Gasteiger partial charge in [0.15, 0.2) is 0 Å². The molecule has 0 fully saturated rings. The number of nitrogens with zero attached hydrogens (tertiary/aromatic N) is 1. The number of ether oxygens (including phenoxy) is 1. The SMILES string of the molecule is CCOc1nc(-c2ccc(C(C)(C)C)cc2)cc2ccc(C(F)(F)F)cc12. The number of rotatable bonds is 3. The quantitative estimate of drug-likeness (QED) is 0.515. The summed E-state index contributed by atoms with van der Waals surface area (Å²) in [4.78, 5) is 4.49. The second kappa shape index (κ2) is 6.87. The molecule has 3 rings (SSSR count). The van der Waals surface area contributed by atoms with Crippen LogP contribution in [0.4, 0.5) is 13.2 Å². The molecule has 2 nitrogen and oxygen atoms in total. The normalized spacial score (nSPS) is 12.4. The molecular weight excluding hydrogens is 351 g/mol. The van der Waals surface area contributed by atoms with E-state index in [1.165, 1.54) is 11.6 Å². The number of pyridine rings is 1. The number of aromatic nitrogens is 1. The van der Waals surface area contributed by atoms with Gasteiger partial charge in [-0.3, -0.25) is 0 Å². The van der Waals surface area contributed by atoms with Gasteiger partial charge in [-0.1, -0.05) is 51.1 Å². The van der Waals surface area contributed by atoms with Crippen molar-refractivity contribution in [3.05, 3.63) is 59.7 Å². The molecule has 0 saturated carbocycles. The van der Waals surface area contributed by atoms with E-state index in [0.717, 1.165) is 17.7 Å². The van der Waals surface area contributed by atoms with E-state index in [9.17, 15) is 13.2 Å². The van der Waals surface area contributed by atoms with Gasteiger partial charge in [0.05, 0.1) is 17.9 Å². The van der Waals surface area contributed by atoms with Gasteiger partial charge in [-0.25, -0.2) is 4.98 Å². The van der Waals surface area contributed by atoms with E-state index in [1.54, 1.807) is 13.0 Å². The lowest BCUT2D eigenvalue weighted by atomic mass is 9.86. The van der Waals surface area contributed by atoms with Crippen LogP contribution < -0.4 is 4.74 Å². The molecule has 0 amide bonds. The van der Waals surface area contributed by atoms with Gasteiger partial charge in [0, 0.05) is 10.9 Å². The zero-order valence-corrected chi connectivity index (χ0v) is 15.8. The Balaban J connectivity index is 2.12. The van der Waals surface area contributed by atoms with Gasteiger partial charge in [0.1, 0.15) is 0 Å². The van der Waals surface area contributed by atoms with Crippen molar-refractivity contribution in [2.45, 2.75) is 39.3 Å². The lowest BCUT2D eigenvalue weighted by Gasteiger charge is -2.19. The average molecular weight is 373 g/mol. The third-order valence-electron chi connectivity index (χ3n) is 4.45. The average Bonchev–Trinajstić information content (AvgIpc) is 2.60. The van der Waals surface area contributed by atoms with Gasteiger partial charge in [0.2, 0.25) is 5.88 Å². The van der Waals surface area contributed by atoms with E-state index in [1.807, 2.05) is 24.3 Å². The fourth-order valence-electron chi connectivity index (χ4n) is 2.93. The second-order valence-corrected chi connectivity index (χ2v) is 7.51. The summed E-state index contributed by atoms with van der Waals surface area (Å²) < 4.78 is 44.7. The van der Waals surface area contributed by atoms with E-state index < -0.39 is 11.7 Å². The molecule has 0 aliphatic carbocycles. The van der Waals surface area contributed by atoms with E-state index in [-0.39, 0.29) is 11.3 Å². The third-order valence-corrected chi connectivity index (χ3v) is 4.45. The highest BCUT2D eigenvalue weighted by molar-refractivity contribution is 5.90. The molecule has 0 atom stereocenters. The summed E-state index contributed by atoms with van der Waals surface area (Å²) in [5, 5.41) is 1.03. The Kier molecular flexibility index (Phi) is 4.89. The molecule has 5 heteroatoms. The van der Waals surface area contributed by atoms with Crippen LogP contribution in [-0.4, -0.2) is 11.6 Å². The number of hydrogen-bond donors (Lipinski definition) is 0. The van der Waals surface area contributed by atoms with Crippen LogP contribution in [0.5, 0.6) is 5.88 Å². The molecule has 0 aliphatic rings. The fraction of sp³-hybridized carbons (Fsp3) is 0.318. The zero-order chi connectivity index (χ0) is 19.8. The first-order chi connectivity index (χ1) is 12.6. The fourth-order valence-corrected chi connectivity index (χ4v) is 2.93. The lowest BCUT2D eigenvalue weighted by Crippen LogP contribution is -2.10. The van der Waals surface area contributed by atoms with E-state index >= 15 is 0 Å². The summed E-state index contributed by atoms with van der Waals surface area (Å²) in [6.45, 7) is 8.53. The van der Waals surface area contributed by atoms with Crippen molar-refractivity contribution in [2.24, 2.45) is 0 Å². The Bertz CT molecular complexity index is 954. The summed E-state index contributed by atoms with van der Waals surface area (Å²) in [7, 11) is 0. The van der Waals surface area contributed by atoms with Crippen molar-refractivity contribution >= 4 is 10.8 Å². The molecule has 2 aromatic carbocycles. The molecule has 142 valence electrons.